The van der Waals surface area contributed by atoms with Crippen LogP contribution >= 0.6 is 0 Å². The molecule has 426 valence electrons. The first-order valence-electron chi connectivity index (χ1n) is 26.9. The number of furan rings is 2. The van der Waals surface area contributed by atoms with Gasteiger partial charge in [0.1, 0.15) is 11.5 Å². The molecule has 2 aromatic heterocycles. The van der Waals surface area contributed by atoms with E-state index in [0.29, 0.717) is 66.4 Å². The maximum absolute atomic E-state index is 15.0. The fraction of sp³-hybridized carbons (Fsp3) is 0.176. The molecule has 8 aromatic carbocycles. The van der Waals surface area contributed by atoms with Crippen molar-refractivity contribution >= 4 is 45.3 Å². The highest BCUT2D eigenvalue weighted by molar-refractivity contribution is 6.09. The number of hydrogen-bond donors (Lipinski definition) is 2. The molecule has 2 heterocycles. The molecule has 1 atom stereocenters. The van der Waals surface area contributed by atoms with E-state index in [0.717, 1.165) is 28.0 Å². The van der Waals surface area contributed by atoms with Gasteiger partial charge < -0.3 is 28.8 Å². The average molecular weight is 1140 g/mol. The lowest BCUT2D eigenvalue weighted by Gasteiger charge is -2.24. The van der Waals surface area contributed by atoms with E-state index in [1.54, 1.807) is 105 Å². The van der Waals surface area contributed by atoms with Gasteiger partial charge in [-0.15, -0.1) is 0 Å². The molecule has 1 unspecified atom stereocenters. The zero-order valence-electron chi connectivity index (χ0n) is 45.4. The molecular formula is C68H54F6N2O8. The molecule has 0 aliphatic carbocycles. The summed E-state index contributed by atoms with van der Waals surface area (Å²) in [7, 11) is 0. The molecule has 0 saturated heterocycles. The van der Waals surface area contributed by atoms with Gasteiger partial charge in [-0.2, -0.15) is 26.3 Å². The first-order valence-corrected chi connectivity index (χ1v) is 26.9. The van der Waals surface area contributed by atoms with E-state index in [1.165, 1.54) is 21.9 Å². The molecule has 10 nitrogen and oxygen atoms in total. The Morgan fingerprint density at radius 2 is 1.01 bits per heavy atom. The van der Waals surface area contributed by atoms with Gasteiger partial charge >= 0.3 is 24.3 Å². The second-order valence-corrected chi connectivity index (χ2v) is 20.8. The highest BCUT2D eigenvalue weighted by atomic mass is 19.4. The predicted molar refractivity (Wildman–Crippen MR) is 306 cm³/mol. The van der Waals surface area contributed by atoms with Gasteiger partial charge in [-0.25, -0.2) is 0 Å². The van der Waals surface area contributed by atoms with Crippen molar-refractivity contribution in [2.45, 2.75) is 77.6 Å². The summed E-state index contributed by atoms with van der Waals surface area (Å²) in [6, 6.07) is 53.2. The van der Waals surface area contributed by atoms with E-state index < -0.39 is 53.5 Å². The molecule has 10 rings (SSSR count). The van der Waals surface area contributed by atoms with Crippen LogP contribution in [0.2, 0.25) is 0 Å². The highest BCUT2D eigenvalue weighted by Gasteiger charge is 2.39. The fourth-order valence-electron chi connectivity index (χ4n) is 10.8. The lowest BCUT2D eigenvalue weighted by Crippen LogP contribution is -2.30. The molecule has 0 aliphatic heterocycles. The zero-order valence-corrected chi connectivity index (χ0v) is 45.4. The van der Waals surface area contributed by atoms with E-state index in [1.807, 2.05) is 78.9 Å². The number of aryl methyl sites for hydroxylation is 3. The van der Waals surface area contributed by atoms with Crippen LogP contribution < -0.4 is 0 Å². The molecule has 0 radical (unpaired) electrons. The third kappa shape index (κ3) is 13.0. The minimum absolute atomic E-state index is 0.0255. The monoisotopic (exact) mass is 1140 g/mol. The van der Waals surface area contributed by atoms with Gasteiger partial charge in [-0.3, -0.25) is 19.2 Å². The van der Waals surface area contributed by atoms with Crippen LogP contribution in [0.5, 0.6) is 0 Å². The summed E-state index contributed by atoms with van der Waals surface area (Å²) in [5, 5.41) is 22.9. The van der Waals surface area contributed by atoms with Crippen LogP contribution in [0.25, 0.3) is 43.8 Å². The first kappa shape index (κ1) is 57.5. The van der Waals surface area contributed by atoms with Crippen molar-refractivity contribution < 1.29 is 64.6 Å². The normalized spacial score (nSPS) is 12.1. The standard InChI is InChI=1S/C68H54F6N2O8/c1-41-17-23-48-10-3-5-15-56(48)61(41)64(79)75(39-54-30-32-59(83-54)67(69,70)71)37-43-21-27-47(28-22-43)51-13-8-14-52(35-51)58(66(81)82)31-29-53-36-55(84-63(53)68(72,73)74)40-76(65(80)62-42(2)18-24-49-11-4-6-16-57(49)62)38-44-19-25-46(26-20-44)50-12-7-9-45(33-50)34-60(77)78/h3-28,30,32-33,35-36,58H,29,31,34,37-40H2,1-2H3,(H,77,78)(H,81,82). The predicted octanol–water partition coefficient (Wildman–Crippen LogP) is 16.3. The summed E-state index contributed by atoms with van der Waals surface area (Å²) in [6.07, 6.45) is -10.5. The number of carboxylic acids is 2. The van der Waals surface area contributed by atoms with Crippen LogP contribution in [0.15, 0.2) is 197 Å². The molecule has 0 fully saturated rings. The summed E-state index contributed by atoms with van der Waals surface area (Å²) in [5.41, 5.74) is 6.79. The molecular weight excluding hydrogens is 1090 g/mol. The van der Waals surface area contributed by atoms with Crippen LogP contribution in [0.4, 0.5) is 26.3 Å². The molecule has 2 N–H and O–H groups in total. The maximum Gasteiger partial charge on any atom is 0.449 e. The number of hydrogen-bond acceptors (Lipinski definition) is 6. The Bertz CT molecular complexity index is 4090. The Kier molecular flexibility index (Phi) is 16.5. The van der Waals surface area contributed by atoms with Crippen molar-refractivity contribution in [2.24, 2.45) is 0 Å². The second-order valence-electron chi connectivity index (χ2n) is 20.8. The van der Waals surface area contributed by atoms with E-state index in [4.69, 9.17) is 8.83 Å². The Morgan fingerprint density at radius 1 is 0.488 bits per heavy atom. The highest BCUT2D eigenvalue weighted by Crippen LogP contribution is 2.38. The number of rotatable bonds is 19. The Labute approximate surface area is 478 Å². The molecule has 0 aliphatic rings. The lowest BCUT2D eigenvalue weighted by atomic mass is 9.90. The molecule has 0 spiro atoms. The molecule has 84 heavy (non-hydrogen) atoms. The van der Waals surface area contributed by atoms with Crippen molar-refractivity contribution in [3.8, 4) is 22.3 Å². The van der Waals surface area contributed by atoms with Crippen LogP contribution in [0, 0.1) is 13.8 Å². The Balaban J connectivity index is 0.891. The quantitative estimate of drug-likeness (QED) is 0.0763. The fourth-order valence-corrected chi connectivity index (χ4v) is 10.8. The van der Waals surface area contributed by atoms with E-state index in [2.05, 4.69) is 0 Å². The SMILES string of the molecule is Cc1ccc2ccccc2c1C(=O)N(Cc1ccc(-c2cccc(C(CCc3cc(CN(Cc4ccc(-c5cccc(CC(=O)O)c5)cc4)C(=O)c4c(C)ccc5ccccc45)oc3C(F)(F)F)C(=O)O)c2)cc1)Cc1ccc(C(F)(F)F)o1. The van der Waals surface area contributed by atoms with E-state index >= 15 is 0 Å². The molecule has 2 amide bonds. The van der Waals surface area contributed by atoms with Crippen molar-refractivity contribution in [3.05, 3.63) is 261 Å². The number of amides is 2. The minimum atomic E-state index is -4.98. The lowest BCUT2D eigenvalue weighted by molar-refractivity contribution is -0.154. The number of halogens is 6. The summed E-state index contributed by atoms with van der Waals surface area (Å²) in [4.78, 5) is 56.6. The third-order valence-corrected chi connectivity index (χ3v) is 14.9. The van der Waals surface area contributed by atoms with E-state index in [9.17, 15) is 55.7 Å². The number of carbonyl (C=O) groups is 4. The zero-order chi connectivity index (χ0) is 59.5. The summed E-state index contributed by atoms with van der Waals surface area (Å²) in [6.45, 7) is 2.85. The van der Waals surface area contributed by atoms with Crippen LogP contribution in [0.3, 0.4) is 0 Å². The topological polar surface area (TPSA) is 142 Å². The number of alkyl halides is 6. The van der Waals surface area contributed by atoms with Crippen molar-refractivity contribution in [1.29, 1.82) is 0 Å². The van der Waals surface area contributed by atoms with Gasteiger partial charge in [0.15, 0.2) is 0 Å². The molecule has 10 aromatic rings. The molecule has 16 heteroatoms. The smallest absolute Gasteiger partial charge is 0.449 e. The van der Waals surface area contributed by atoms with Crippen LogP contribution in [-0.4, -0.2) is 43.8 Å². The maximum atomic E-state index is 15.0. The van der Waals surface area contributed by atoms with E-state index in [-0.39, 0.29) is 62.5 Å². The Hall–Kier alpha value is -9.70. The number of carboxylic acid groups (broad SMARTS) is 2. The number of carbonyl (C=O) groups excluding carboxylic acids is 2. The van der Waals surface area contributed by atoms with Crippen molar-refractivity contribution in [3.63, 3.8) is 0 Å². The number of benzene rings is 8. The van der Waals surface area contributed by atoms with Gasteiger partial charge in [0, 0.05) is 18.7 Å². The largest absolute Gasteiger partial charge is 0.481 e. The van der Waals surface area contributed by atoms with Gasteiger partial charge in [-0.05, 0) is 122 Å². The number of nitrogens with zero attached hydrogens (tertiary/aromatic N) is 2. The van der Waals surface area contributed by atoms with Crippen molar-refractivity contribution in [2.75, 3.05) is 0 Å². The van der Waals surface area contributed by atoms with Crippen LogP contribution in [0.1, 0.15) is 95.0 Å². The van der Waals surface area contributed by atoms with Gasteiger partial charge in [0.25, 0.3) is 11.8 Å². The third-order valence-electron chi connectivity index (χ3n) is 14.9. The minimum Gasteiger partial charge on any atom is -0.481 e. The van der Waals surface area contributed by atoms with Gasteiger partial charge in [-0.1, -0.05) is 170 Å². The van der Waals surface area contributed by atoms with Gasteiger partial charge in [0.2, 0.25) is 11.5 Å². The second kappa shape index (κ2) is 24.0. The molecule has 0 saturated carbocycles. The summed E-state index contributed by atoms with van der Waals surface area (Å²) >= 11 is 0. The van der Waals surface area contributed by atoms with Crippen LogP contribution in [-0.2, 0) is 61.0 Å². The summed E-state index contributed by atoms with van der Waals surface area (Å²) in [5.74, 6) is -7.13. The summed E-state index contributed by atoms with van der Waals surface area (Å²) < 4.78 is 96.4. The average Bonchev–Trinajstić information content (AvgIpc) is 3.27. The number of fused-ring (bicyclic) bond motifs is 2. The van der Waals surface area contributed by atoms with Gasteiger partial charge in [0.05, 0.1) is 36.6 Å². The number of aliphatic carboxylic acids is 2. The van der Waals surface area contributed by atoms with Crippen molar-refractivity contribution in [1.82, 2.24) is 9.80 Å². The Morgan fingerprint density at radius 3 is 1.52 bits per heavy atom. The molecule has 0 bridgehead atoms. The first-order chi connectivity index (χ1) is 40.2.